The van der Waals surface area contributed by atoms with Crippen LogP contribution in [0.1, 0.15) is 11.5 Å². The molecule has 5 heteroatoms. The minimum Gasteiger partial charge on any atom is -0.378 e. The maximum absolute atomic E-state index is 14.2. The number of hydrogen-bond acceptors (Lipinski definition) is 1. The second-order valence-corrected chi connectivity index (χ2v) is 5.98. The number of nitrogens with zero attached hydrogens (tertiary/aromatic N) is 1. The Morgan fingerprint density at radius 1 is 1.21 bits per heavy atom. The van der Waals surface area contributed by atoms with Gasteiger partial charge in [0.05, 0.1) is 5.38 Å². The van der Waals surface area contributed by atoms with Crippen molar-refractivity contribution in [3.05, 3.63) is 51.8 Å². The number of halogens is 4. The van der Waals surface area contributed by atoms with Gasteiger partial charge in [-0.15, -0.1) is 11.6 Å². The molecule has 1 aromatic rings. The SMILES string of the molecule is CN(C)c1ccc(C2C(Cl)=CC(Cl)=CC2Cl)c(F)c1. The third kappa shape index (κ3) is 3.07. The van der Waals surface area contributed by atoms with E-state index in [4.69, 9.17) is 34.8 Å². The lowest BCUT2D eigenvalue weighted by Crippen LogP contribution is -2.17. The van der Waals surface area contributed by atoms with Crippen LogP contribution in [0.25, 0.3) is 0 Å². The number of rotatable bonds is 2. The molecular formula is C14H13Cl3FN. The highest BCUT2D eigenvalue weighted by Crippen LogP contribution is 2.40. The first kappa shape index (κ1) is 14.7. The zero-order chi connectivity index (χ0) is 14.2. The zero-order valence-corrected chi connectivity index (χ0v) is 12.8. The first-order valence-corrected chi connectivity index (χ1v) is 6.94. The molecule has 2 atom stereocenters. The van der Waals surface area contributed by atoms with E-state index in [2.05, 4.69) is 0 Å². The summed E-state index contributed by atoms with van der Waals surface area (Å²) in [6.07, 6.45) is 3.27. The predicted octanol–water partition coefficient (Wildman–Crippen LogP) is 4.84. The summed E-state index contributed by atoms with van der Waals surface area (Å²) >= 11 is 18.3. The van der Waals surface area contributed by atoms with Crippen molar-refractivity contribution in [1.29, 1.82) is 0 Å². The summed E-state index contributed by atoms with van der Waals surface area (Å²) in [7, 11) is 3.71. The molecule has 0 aliphatic heterocycles. The average Bonchev–Trinajstić information content (AvgIpc) is 2.29. The van der Waals surface area contributed by atoms with Crippen molar-refractivity contribution in [1.82, 2.24) is 0 Å². The Labute approximate surface area is 127 Å². The van der Waals surface area contributed by atoms with E-state index < -0.39 is 11.3 Å². The summed E-state index contributed by atoms with van der Waals surface area (Å²) in [5, 5.41) is 0.472. The minimum absolute atomic E-state index is 0.320. The summed E-state index contributed by atoms with van der Waals surface area (Å²) in [6, 6.07) is 5.03. The van der Waals surface area contributed by atoms with E-state index in [1.54, 1.807) is 18.2 Å². The van der Waals surface area contributed by atoms with E-state index in [9.17, 15) is 4.39 Å². The van der Waals surface area contributed by atoms with Gasteiger partial charge < -0.3 is 4.90 Å². The minimum atomic E-state index is -0.454. The van der Waals surface area contributed by atoms with Gasteiger partial charge in [-0.2, -0.15) is 0 Å². The lowest BCUT2D eigenvalue weighted by Gasteiger charge is -2.24. The van der Waals surface area contributed by atoms with E-state index >= 15 is 0 Å². The van der Waals surface area contributed by atoms with Crippen molar-refractivity contribution in [2.75, 3.05) is 19.0 Å². The first-order chi connectivity index (χ1) is 8.90. The fraction of sp³-hybridized carbons (Fsp3) is 0.286. The summed E-state index contributed by atoms with van der Waals surface area (Å²) < 4.78 is 14.2. The Bertz CT molecular complexity index is 552. The van der Waals surface area contributed by atoms with Crippen molar-refractivity contribution in [2.24, 2.45) is 0 Å². The van der Waals surface area contributed by atoms with Crippen molar-refractivity contribution < 1.29 is 4.39 Å². The van der Waals surface area contributed by atoms with Crippen molar-refractivity contribution in [3.63, 3.8) is 0 Å². The topological polar surface area (TPSA) is 3.24 Å². The molecule has 1 aliphatic carbocycles. The van der Waals surface area contributed by atoms with Crippen LogP contribution in [-0.2, 0) is 0 Å². The van der Waals surface area contributed by atoms with E-state index in [0.29, 0.717) is 15.6 Å². The highest BCUT2D eigenvalue weighted by atomic mass is 35.5. The lowest BCUT2D eigenvalue weighted by molar-refractivity contribution is 0.598. The molecule has 2 rings (SSSR count). The van der Waals surface area contributed by atoms with Crippen LogP contribution < -0.4 is 4.90 Å². The van der Waals surface area contributed by atoms with Gasteiger partial charge in [0.25, 0.3) is 0 Å². The second-order valence-electron chi connectivity index (χ2n) is 4.60. The van der Waals surface area contributed by atoms with Crippen LogP contribution in [0, 0.1) is 5.82 Å². The van der Waals surface area contributed by atoms with Crippen molar-refractivity contribution >= 4 is 40.5 Å². The molecule has 0 amide bonds. The first-order valence-electron chi connectivity index (χ1n) is 5.75. The maximum Gasteiger partial charge on any atom is 0.129 e. The summed E-state index contributed by atoms with van der Waals surface area (Å²) in [5.41, 5.74) is 1.27. The molecule has 1 nitrogen and oxygen atoms in total. The molecule has 0 bridgehead atoms. The molecule has 102 valence electrons. The summed E-state index contributed by atoms with van der Waals surface area (Å²) in [4.78, 5) is 1.83. The molecular weight excluding hydrogens is 308 g/mol. The van der Waals surface area contributed by atoms with Gasteiger partial charge in [0.2, 0.25) is 0 Å². The second kappa shape index (κ2) is 5.74. The highest BCUT2D eigenvalue weighted by Gasteiger charge is 2.28. The molecule has 0 spiro atoms. The molecule has 1 aliphatic rings. The Morgan fingerprint density at radius 3 is 2.42 bits per heavy atom. The fourth-order valence-corrected chi connectivity index (χ4v) is 3.25. The number of hydrogen-bond donors (Lipinski definition) is 0. The van der Waals surface area contributed by atoms with Crippen LogP contribution in [0.2, 0.25) is 0 Å². The van der Waals surface area contributed by atoms with Crippen LogP contribution in [-0.4, -0.2) is 19.5 Å². The smallest absolute Gasteiger partial charge is 0.129 e. The van der Waals surface area contributed by atoms with Crippen LogP contribution in [0.15, 0.2) is 40.4 Å². The molecule has 0 saturated carbocycles. The maximum atomic E-state index is 14.2. The van der Waals surface area contributed by atoms with Crippen LogP contribution in [0.4, 0.5) is 10.1 Å². The molecule has 0 aromatic heterocycles. The Morgan fingerprint density at radius 2 is 1.89 bits per heavy atom. The zero-order valence-electron chi connectivity index (χ0n) is 10.5. The molecule has 0 saturated heterocycles. The number of anilines is 1. The fourth-order valence-electron chi connectivity index (χ4n) is 2.04. The van der Waals surface area contributed by atoms with Gasteiger partial charge in [-0.25, -0.2) is 4.39 Å². The molecule has 19 heavy (non-hydrogen) atoms. The van der Waals surface area contributed by atoms with Gasteiger partial charge in [-0.3, -0.25) is 0 Å². The van der Waals surface area contributed by atoms with Crippen LogP contribution in [0.5, 0.6) is 0 Å². The third-order valence-electron chi connectivity index (χ3n) is 3.05. The lowest BCUT2D eigenvalue weighted by atomic mass is 9.91. The predicted molar refractivity (Wildman–Crippen MR) is 81.0 cm³/mol. The van der Waals surface area contributed by atoms with E-state index in [0.717, 1.165) is 5.69 Å². The molecule has 2 unspecified atom stereocenters. The Balaban J connectivity index is 2.40. The molecule has 0 heterocycles. The molecule has 0 N–H and O–H groups in total. The average molecular weight is 321 g/mol. The number of alkyl halides is 1. The van der Waals surface area contributed by atoms with Gasteiger partial charge in [-0.05, 0) is 29.8 Å². The van der Waals surface area contributed by atoms with Crippen molar-refractivity contribution in [3.8, 4) is 0 Å². The Hall–Kier alpha value is -0.700. The van der Waals surface area contributed by atoms with E-state index in [1.807, 2.05) is 25.1 Å². The summed E-state index contributed by atoms with van der Waals surface area (Å²) in [6.45, 7) is 0. The Kier molecular flexibility index (Phi) is 4.44. The van der Waals surface area contributed by atoms with Gasteiger partial charge in [0.15, 0.2) is 0 Å². The highest BCUT2D eigenvalue weighted by molar-refractivity contribution is 6.37. The van der Waals surface area contributed by atoms with Crippen LogP contribution >= 0.6 is 34.8 Å². The third-order valence-corrected chi connectivity index (χ3v) is 4.00. The van der Waals surface area contributed by atoms with Gasteiger partial charge in [0.1, 0.15) is 5.82 Å². The largest absolute Gasteiger partial charge is 0.378 e. The van der Waals surface area contributed by atoms with Gasteiger partial charge in [0, 0.05) is 35.8 Å². The molecule has 0 radical (unpaired) electrons. The standard InChI is InChI=1S/C14H13Cl3FN/c1-19(2)9-3-4-10(13(18)7-9)14-11(16)5-8(15)6-12(14)17/h3-7,11,14H,1-2H3. The number of benzene rings is 1. The van der Waals surface area contributed by atoms with Gasteiger partial charge in [-0.1, -0.05) is 29.3 Å². The van der Waals surface area contributed by atoms with E-state index in [-0.39, 0.29) is 5.82 Å². The van der Waals surface area contributed by atoms with Crippen LogP contribution in [0.3, 0.4) is 0 Å². The molecule has 1 aromatic carbocycles. The quantitative estimate of drug-likeness (QED) is 0.705. The summed E-state index contributed by atoms with van der Waals surface area (Å²) in [5.74, 6) is -0.720. The number of allylic oxidation sites excluding steroid dienone is 4. The monoisotopic (exact) mass is 319 g/mol. The van der Waals surface area contributed by atoms with E-state index in [1.165, 1.54) is 6.07 Å². The van der Waals surface area contributed by atoms with Crippen molar-refractivity contribution in [2.45, 2.75) is 11.3 Å². The van der Waals surface area contributed by atoms with Gasteiger partial charge >= 0.3 is 0 Å². The molecule has 0 fully saturated rings. The normalized spacial score (nSPS) is 22.8.